The van der Waals surface area contributed by atoms with Crippen molar-refractivity contribution in [2.24, 2.45) is 0 Å². The number of nitrogens with one attached hydrogen (secondary N) is 2. The lowest BCUT2D eigenvalue weighted by molar-refractivity contribution is -0.133. The first-order valence-corrected chi connectivity index (χ1v) is 13.4. The molecule has 0 aromatic carbocycles. The van der Waals surface area contributed by atoms with E-state index in [4.69, 9.17) is 28.7 Å². The monoisotopic (exact) mass is 594 g/mol. The van der Waals surface area contributed by atoms with Crippen LogP contribution < -0.4 is 20.3 Å². The first-order chi connectivity index (χ1) is 19.3. The van der Waals surface area contributed by atoms with Gasteiger partial charge < -0.3 is 39.4 Å². The standard InChI is InChI=1S/C24H28FN6O9P/c1-24(2)22(32)31(12-39-41(33,34)35)21-16(40-24)6-7-19(29-21)28-20-15(25)11-26-23(30-20)27-13-8-14(36-3)10-18(38-5)17(9-13)37-4/h6-11,18H,12H2,1-5H3,(H2,33,34,35)(H2,26,27,28,29,30)/t18-/m1/s1. The zero-order valence-corrected chi connectivity index (χ0v) is 23.5. The SMILES string of the molecule is COC1=C[C@@H](OC)C(OC)=CC(Nc2ncc(F)c(Nc3ccc4c(n3)N(COP(=O)(O)O)C(=O)C(C)(C)O4)n2)=C1. The van der Waals surface area contributed by atoms with E-state index in [0.29, 0.717) is 17.2 Å². The molecule has 1 amide bonds. The number of nitrogens with zero attached hydrogens (tertiary/aromatic N) is 4. The van der Waals surface area contributed by atoms with E-state index in [9.17, 15) is 13.8 Å². The zero-order chi connectivity index (χ0) is 29.9. The number of ether oxygens (including phenoxy) is 4. The van der Waals surface area contributed by atoms with Gasteiger partial charge in [0.05, 0.1) is 20.4 Å². The number of carbonyl (C=O) groups is 1. The van der Waals surface area contributed by atoms with Crippen LogP contribution in [-0.2, 0) is 28.1 Å². The number of phosphoric ester groups is 1. The number of hydrogen-bond donors (Lipinski definition) is 4. The summed E-state index contributed by atoms with van der Waals surface area (Å²) in [5, 5.41) is 5.68. The molecule has 4 N–H and O–H groups in total. The quantitative estimate of drug-likeness (QED) is 0.294. The van der Waals surface area contributed by atoms with Gasteiger partial charge in [-0.3, -0.25) is 14.2 Å². The molecule has 2 aromatic rings. The normalized spacial score (nSPS) is 18.2. The third-order valence-electron chi connectivity index (χ3n) is 5.74. The lowest BCUT2D eigenvalue weighted by Crippen LogP contribution is -2.53. The molecule has 0 saturated heterocycles. The summed E-state index contributed by atoms with van der Waals surface area (Å²) in [6, 6.07) is 2.91. The number of hydrogen-bond acceptors (Lipinski definition) is 12. The summed E-state index contributed by atoms with van der Waals surface area (Å²) < 4.78 is 52.4. The lowest BCUT2D eigenvalue weighted by Gasteiger charge is -2.37. The number of fused-ring (bicyclic) bond motifs is 1. The van der Waals surface area contributed by atoms with Crippen molar-refractivity contribution in [3.63, 3.8) is 0 Å². The second-order valence-corrected chi connectivity index (χ2v) is 10.3. The van der Waals surface area contributed by atoms with Gasteiger partial charge >= 0.3 is 7.82 Å². The lowest BCUT2D eigenvalue weighted by atomic mass is 10.1. The van der Waals surface area contributed by atoms with Crippen molar-refractivity contribution in [1.29, 1.82) is 0 Å². The Kier molecular flexibility index (Phi) is 8.60. The molecule has 2 aliphatic rings. The van der Waals surface area contributed by atoms with E-state index in [0.717, 1.165) is 11.1 Å². The predicted molar refractivity (Wildman–Crippen MR) is 142 cm³/mol. The third kappa shape index (κ3) is 6.99. The highest BCUT2D eigenvalue weighted by Gasteiger charge is 2.42. The number of rotatable bonds is 10. The van der Waals surface area contributed by atoms with Crippen LogP contribution in [0.25, 0.3) is 0 Å². The summed E-state index contributed by atoms with van der Waals surface area (Å²) in [4.78, 5) is 44.5. The van der Waals surface area contributed by atoms with Crippen LogP contribution in [0.5, 0.6) is 5.75 Å². The minimum atomic E-state index is -4.91. The van der Waals surface area contributed by atoms with Gasteiger partial charge in [-0.05, 0) is 32.1 Å². The highest BCUT2D eigenvalue weighted by molar-refractivity contribution is 7.46. The Balaban J connectivity index is 1.62. The van der Waals surface area contributed by atoms with E-state index < -0.39 is 38.0 Å². The number of pyridine rings is 1. The van der Waals surface area contributed by atoms with E-state index >= 15 is 0 Å². The minimum absolute atomic E-state index is 0.00747. The molecule has 1 aliphatic carbocycles. The van der Waals surface area contributed by atoms with Crippen LogP contribution in [0, 0.1) is 5.82 Å². The molecular formula is C24H28FN6O9P. The molecule has 41 heavy (non-hydrogen) atoms. The smallest absolute Gasteiger partial charge is 0.471 e. The number of methoxy groups -OCH3 is 3. The summed E-state index contributed by atoms with van der Waals surface area (Å²) in [5.41, 5.74) is -0.912. The van der Waals surface area contributed by atoms with Crippen LogP contribution >= 0.6 is 7.82 Å². The van der Waals surface area contributed by atoms with Crippen molar-refractivity contribution in [2.45, 2.75) is 25.6 Å². The average Bonchev–Trinajstić information content (AvgIpc) is 3.09. The molecule has 0 fully saturated rings. The molecule has 1 atom stereocenters. The maximum Gasteiger partial charge on any atom is 0.471 e. The molecular weight excluding hydrogens is 566 g/mol. The van der Waals surface area contributed by atoms with Gasteiger partial charge in [0.15, 0.2) is 28.8 Å². The second-order valence-electron chi connectivity index (χ2n) is 9.03. The van der Waals surface area contributed by atoms with Crippen molar-refractivity contribution in [2.75, 3.05) is 43.6 Å². The van der Waals surface area contributed by atoms with Gasteiger partial charge in [0.25, 0.3) is 5.91 Å². The first-order valence-electron chi connectivity index (χ1n) is 11.9. The zero-order valence-electron chi connectivity index (χ0n) is 22.6. The fraction of sp³-hybridized carbons (Fsp3) is 0.333. The fourth-order valence-electron chi connectivity index (χ4n) is 3.80. The van der Waals surface area contributed by atoms with Crippen molar-refractivity contribution in [1.82, 2.24) is 15.0 Å². The van der Waals surface area contributed by atoms with Crippen LogP contribution in [0.1, 0.15) is 13.8 Å². The van der Waals surface area contributed by atoms with Crippen molar-refractivity contribution < 1.29 is 47.0 Å². The van der Waals surface area contributed by atoms with E-state index in [-0.39, 0.29) is 29.2 Å². The average molecular weight is 594 g/mol. The molecule has 220 valence electrons. The van der Waals surface area contributed by atoms with E-state index in [1.165, 1.54) is 47.3 Å². The van der Waals surface area contributed by atoms with Gasteiger partial charge in [-0.2, -0.15) is 4.98 Å². The topological polar surface area (TPSA) is 187 Å². The molecule has 17 heteroatoms. The Morgan fingerprint density at radius 1 is 1.15 bits per heavy atom. The largest absolute Gasteiger partial charge is 0.498 e. The summed E-state index contributed by atoms with van der Waals surface area (Å²) in [6.45, 7) is 2.16. The summed E-state index contributed by atoms with van der Waals surface area (Å²) >= 11 is 0. The van der Waals surface area contributed by atoms with Crippen LogP contribution in [0.2, 0.25) is 0 Å². The summed E-state index contributed by atoms with van der Waals surface area (Å²) in [5.74, 6) is -0.740. The first kappa shape index (κ1) is 29.9. The van der Waals surface area contributed by atoms with Crippen LogP contribution in [0.4, 0.5) is 27.8 Å². The van der Waals surface area contributed by atoms with Crippen LogP contribution in [0.15, 0.2) is 53.8 Å². The molecule has 4 rings (SSSR count). The minimum Gasteiger partial charge on any atom is -0.498 e. The van der Waals surface area contributed by atoms with Crippen LogP contribution in [0.3, 0.4) is 0 Å². The summed E-state index contributed by atoms with van der Waals surface area (Å²) in [6.07, 6.45) is 5.42. The highest BCUT2D eigenvalue weighted by atomic mass is 31.2. The molecule has 0 spiro atoms. The predicted octanol–water partition coefficient (Wildman–Crippen LogP) is 2.71. The fourth-order valence-corrected chi connectivity index (χ4v) is 4.07. The summed E-state index contributed by atoms with van der Waals surface area (Å²) in [7, 11) is -0.417. The number of amides is 1. The van der Waals surface area contributed by atoms with Gasteiger partial charge in [-0.1, -0.05) is 0 Å². The second kappa shape index (κ2) is 11.8. The highest BCUT2D eigenvalue weighted by Crippen LogP contribution is 2.41. The number of allylic oxidation sites excluding steroid dienone is 2. The van der Waals surface area contributed by atoms with Gasteiger partial charge in [0.2, 0.25) is 5.95 Å². The number of phosphoric acid groups is 1. The Morgan fingerprint density at radius 3 is 2.56 bits per heavy atom. The van der Waals surface area contributed by atoms with Crippen LogP contribution in [-0.4, -0.2) is 70.4 Å². The van der Waals surface area contributed by atoms with Gasteiger partial charge in [0.1, 0.15) is 30.2 Å². The molecule has 1 aliphatic heterocycles. The van der Waals surface area contributed by atoms with Gasteiger partial charge in [0, 0.05) is 25.0 Å². The Morgan fingerprint density at radius 2 is 1.90 bits per heavy atom. The third-order valence-corrected chi connectivity index (χ3v) is 6.19. The number of halogens is 1. The van der Waals surface area contributed by atoms with E-state index in [2.05, 4.69) is 30.1 Å². The van der Waals surface area contributed by atoms with Crippen molar-refractivity contribution in [3.8, 4) is 5.75 Å². The molecule has 0 unspecified atom stereocenters. The molecule has 0 bridgehead atoms. The molecule has 0 radical (unpaired) electrons. The molecule has 0 saturated carbocycles. The van der Waals surface area contributed by atoms with Gasteiger partial charge in [-0.15, -0.1) is 0 Å². The van der Waals surface area contributed by atoms with Crippen molar-refractivity contribution in [3.05, 3.63) is 59.6 Å². The number of carbonyl (C=O) groups excluding carboxylic acids is 1. The number of aromatic nitrogens is 3. The Bertz CT molecular complexity index is 1480. The maximum absolute atomic E-state index is 14.7. The van der Waals surface area contributed by atoms with E-state index in [1.807, 2.05) is 0 Å². The Labute approximate surface area is 233 Å². The maximum atomic E-state index is 14.7. The van der Waals surface area contributed by atoms with E-state index in [1.54, 1.807) is 18.2 Å². The van der Waals surface area contributed by atoms with Crippen molar-refractivity contribution >= 4 is 37.1 Å². The molecule has 2 aromatic heterocycles. The molecule has 3 heterocycles. The Hall–Kier alpha value is -4.08. The molecule has 15 nitrogen and oxygen atoms in total. The number of anilines is 4. The van der Waals surface area contributed by atoms with Gasteiger partial charge in [-0.25, -0.2) is 18.9 Å².